The molecule has 0 atom stereocenters. The van der Waals surface area contributed by atoms with E-state index in [2.05, 4.69) is 17.3 Å². The fourth-order valence-corrected chi connectivity index (χ4v) is 2.36. The molecule has 1 spiro atoms. The summed E-state index contributed by atoms with van der Waals surface area (Å²) in [6, 6.07) is 0.0650. The highest BCUT2D eigenvalue weighted by Gasteiger charge is 2.51. The van der Waals surface area contributed by atoms with Crippen molar-refractivity contribution in [1.29, 1.82) is 0 Å². The number of hydrogen-bond acceptors (Lipinski definition) is 2. The zero-order chi connectivity index (χ0) is 8.77. The van der Waals surface area contributed by atoms with Crippen LogP contribution in [0.4, 0.5) is 4.79 Å². The third-order valence-corrected chi connectivity index (χ3v) is 2.76. The number of amides is 2. The second kappa shape index (κ2) is 2.36. The molecule has 2 aliphatic heterocycles. The fourth-order valence-electron chi connectivity index (χ4n) is 2.36. The number of likely N-dealkylation sites (tertiary alicyclic amines) is 2. The lowest BCUT2D eigenvalue weighted by Crippen LogP contribution is -2.72. The molecule has 4 heteroatoms. The van der Waals surface area contributed by atoms with Crippen LogP contribution < -0.4 is 5.32 Å². The van der Waals surface area contributed by atoms with Crippen molar-refractivity contribution in [2.24, 2.45) is 5.41 Å². The molecule has 0 aromatic rings. The predicted octanol–water partition coefficient (Wildman–Crippen LogP) is -0.427. The van der Waals surface area contributed by atoms with Gasteiger partial charge in [-0.1, -0.05) is 0 Å². The number of nitrogens with zero attached hydrogens (tertiary/aromatic N) is 2. The number of nitrogens with one attached hydrogen (secondary N) is 1. The van der Waals surface area contributed by atoms with Crippen LogP contribution in [0.2, 0.25) is 0 Å². The maximum Gasteiger partial charge on any atom is 0.317 e. The van der Waals surface area contributed by atoms with Crippen molar-refractivity contribution in [3.63, 3.8) is 0 Å². The molecule has 0 saturated carbocycles. The zero-order valence-electron chi connectivity index (χ0n) is 7.63. The Bertz CT molecular complexity index is 202. The number of rotatable bonds is 0. The van der Waals surface area contributed by atoms with Gasteiger partial charge in [-0.25, -0.2) is 4.79 Å². The van der Waals surface area contributed by atoms with Gasteiger partial charge in [-0.3, -0.25) is 0 Å². The van der Waals surface area contributed by atoms with Crippen LogP contribution in [0.15, 0.2) is 0 Å². The van der Waals surface area contributed by atoms with Crippen LogP contribution in [0.1, 0.15) is 0 Å². The van der Waals surface area contributed by atoms with E-state index >= 15 is 0 Å². The van der Waals surface area contributed by atoms with Gasteiger partial charge in [0.05, 0.1) is 0 Å². The van der Waals surface area contributed by atoms with Crippen molar-refractivity contribution in [1.82, 2.24) is 15.1 Å². The van der Waals surface area contributed by atoms with Crippen LogP contribution >= 0.6 is 0 Å². The van der Waals surface area contributed by atoms with Gasteiger partial charge in [-0.15, -0.1) is 0 Å². The molecule has 0 bridgehead atoms. The number of carbonyl (C=O) groups is 1. The Kier molecular flexibility index (Phi) is 1.54. The largest absolute Gasteiger partial charge is 0.341 e. The molecule has 0 aromatic carbocycles. The van der Waals surface area contributed by atoms with Crippen LogP contribution in [0, 0.1) is 5.41 Å². The van der Waals surface area contributed by atoms with E-state index in [1.54, 1.807) is 7.05 Å². The van der Waals surface area contributed by atoms with Crippen LogP contribution in [-0.2, 0) is 0 Å². The molecule has 2 rings (SSSR count). The molecule has 12 heavy (non-hydrogen) atoms. The summed E-state index contributed by atoms with van der Waals surface area (Å²) in [7, 11) is 3.80. The molecular formula is C8H15N3O. The zero-order valence-corrected chi connectivity index (χ0v) is 7.63. The highest BCUT2D eigenvalue weighted by molar-refractivity contribution is 5.75. The standard InChI is InChI=1S/C8H15N3O/c1-9-7(12)11-5-8(6-11)3-10(2)4-8/h3-6H2,1-2H3,(H,9,12). The Morgan fingerprint density at radius 2 is 1.92 bits per heavy atom. The third-order valence-electron chi connectivity index (χ3n) is 2.76. The highest BCUT2D eigenvalue weighted by Crippen LogP contribution is 2.38. The van der Waals surface area contributed by atoms with Gasteiger partial charge in [0.1, 0.15) is 0 Å². The summed E-state index contributed by atoms with van der Waals surface area (Å²) in [6.45, 7) is 4.19. The third kappa shape index (κ3) is 0.982. The average molecular weight is 169 g/mol. The lowest BCUT2D eigenvalue weighted by Gasteiger charge is -2.59. The van der Waals surface area contributed by atoms with E-state index in [1.165, 1.54) is 0 Å². The molecule has 0 aliphatic carbocycles. The summed E-state index contributed by atoms with van der Waals surface area (Å²) in [5.74, 6) is 0. The molecule has 1 N–H and O–H groups in total. The lowest BCUT2D eigenvalue weighted by molar-refractivity contribution is -0.0825. The van der Waals surface area contributed by atoms with E-state index < -0.39 is 0 Å². The van der Waals surface area contributed by atoms with Crippen LogP contribution in [0.3, 0.4) is 0 Å². The Hall–Kier alpha value is -0.770. The van der Waals surface area contributed by atoms with Crippen molar-refractivity contribution in [3.05, 3.63) is 0 Å². The maximum absolute atomic E-state index is 11.1. The van der Waals surface area contributed by atoms with E-state index in [0.29, 0.717) is 5.41 Å². The number of hydrogen-bond donors (Lipinski definition) is 1. The number of carbonyl (C=O) groups excluding carboxylic acids is 1. The van der Waals surface area contributed by atoms with E-state index in [0.717, 1.165) is 26.2 Å². The Morgan fingerprint density at radius 1 is 1.33 bits per heavy atom. The van der Waals surface area contributed by atoms with E-state index in [-0.39, 0.29) is 6.03 Å². The van der Waals surface area contributed by atoms with E-state index in [1.807, 2.05) is 4.90 Å². The summed E-state index contributed by atoms with van der Waals surface area (Å²) >= 11 is 0. The highest BCUT2D eigenvalue weighted by atomic mass is 16.2. The summed E-state index contributed by atoms with van der Waals surface area (Å²) in [6.07, 6.45) is 0. The molecular weight excluding hydrogens is 154 g/mol. The molecule has 2 aliphatic rings. The summed E-state index contributed by atoms with van der Waals surface area (Å²) in [4.78, 5) is 15.3. The minimum Gasteiger partial charge on any atom is -0.341 e. The normalized spacial score (nSPS) is 26.3. The molecule has 68 valence electrons. The summed E-state index contributed by atoms with van der Waals surface area (Å²) < 4.78 is 0. The molecule has 0 unspecified atom stereocenters. The van der Waals surface area contributed by atoms with Crippen LogP contribution in [-0.4, -0.2) is 56.1 Å². The lowest BCUT2D eigenvalue weighted by atomic mass is 9.73. The van der Waals surface area contributed by atoms with Crippen LogP contribution in [0.25, 0.3) is 0 Å². The van der Waals surface area contributed by atoms with Crippen molar-refractivity contribution < 1.29 is 4.79 Å². The van der Waals surface area contributed by atoms with E-state index in [4.69, 9.17) is 0 Å². The molecule has 2 heterocycles. The predicted molar refractivity (Wildman–Crippen MR) is 46.0 cm³/mol. The molecule has 2 fully saturated rings. The second-order valence-electron chi connectivity index (χ2n) is 4.08. The van der Waals surface area contributed by atoms with Gasteiger partial charge in [-0.2, -0.15) is 0 Å². The topological polar surface area (TPSA) is 35.6 Å². The van der Waals surface area contributed by atoms with Crippen molar-refractivity contribution in [2.75, 3.05) is 40.3 Å². The van der Waals surface area contributed by atoms with Crippen molar-refractivity contribution in [2.45, 2.75) is 0 Å². The van der Waals surface area contributed by atoms with Gasteiger partial charge in [0.15, 0.2) is 0 Å². The maximum atomic E-state index is 11.1. The van der Waals surface area contributed by atoms with Gasteiger partial charge in [0, 0.05) is 38.6 Å². The summed E-state index contributed by atoms with van der Waals surface area (Å²) in [5, 5.41) is 2.64. The van der Waals surface area contributed by atoms with Gasteiger partial charge < -0.3 is 15.1 Å². The van der Waals surface area contributed by atoms with Gasteiger partial charge in [-0.05, 0) is 7.05 Å². The van der Waals surface area contributed by atoms with Gasteiger partial charge in [0.25, 0.3) is 0 Å². The first-order chi connectivity index (χ1) is 5.65. The quantitative estimate of drug-likeness (QED) is 0.534. The summed E-state index contributed by atoms with van der Waals surface area (Å²) in [5.41, 5.74) is 0.460. The SMILES string of the molecule is CNC(=O)N1CC2(CN(C)C2)C1. The first kappa shape index (κ1) is 7.86. The Labute approximate surface area is 72.5 Å². The first-order valence-corrected chi connectivity index (χ1v) is 4.30. The number of urea groups is 1. The molecule has 0 radical (unpaired) electrons. The average Bonchev–Trinajstić information content (AvgIpc) is 1.92. The van der Waals surface area contributed by atoms with Crippen LogP contribution in [0.5, 0.6) is 0 Å². The minimum absolute atomic E-state index is 0.0650. The van der Waals surface area contributed by atoms with Crippen molar-refractivity contribution in [3.8, 4) is 0 Å². The Balaban J connectivity index is 1.81. The molecule has 2 amide bonds. The van der Waals surface area contributed by atoms with Gasteiger partial charge in [0.2, 0.25) is 0 Å². The first-order valence-electron chi connectivity index (χ1n) is 4.30. The molecule has 2 saturated heterocycles. The fraction of sp³-hybridized carbons (Fsp3) is 0.875. The Morgan fingerprint density at radius 3 is 2.33 bits per heavy atom. The minimum atomic E-state index is 0.0650. The smallest absolute Gasteiger partial charge is 0.317 e. The van der Waals surface area contributed by atoms with E-state index in [9.17, 15) is 4.79 Å². The second-order valence-corrected chi connectivity index (χ2v) is 4.08. The monoisotopic (exact) mass is 169 g/mol. The van der Waals surface area contributed by atoms with Crippen molar-refractivity contribution >= 4 is 6.03 Å². The molecule has 4 nitrogen and oxygen atoms in total. The molecule has 0 aromatic heterocycles. The van der Waals surface area contributed by atoms with Gasteiger partial charge >= 0.3 is 6.03 Å².